The number of hydrogen-bond acceptors (Lipinski definition) is 4. The molecule has 4 rings (SSSR count). The first-order valence-corrected chi connectivity index (χ1v) is 10.4. The van der Waals surface area contributed by atoms with Crippen molar-refractivity contribution in [2.75, 3.05) is 6.54 Å². The van der Waals surface area contributed by atoms with Gasteiger partial charge in [0.05, 0.1) is 11.9 Å². The molecule has 0 saturated carbocycles. The van der Waals surface area contributed by atoms with Crippen molar-refractivity contribution in [1.29, 1.82) is 0 Å². The Morgan fingerprint density at radius 2 is 1.86 bits per heavy atom. The lowest BCUT2D eigenvalue weighted by atomic mass is 10.1. The first kappa shape index (κ1) is 24.2. The number of nitrogens with zero attached hydrogens (tertiary/aromatic N) is 5. The van der Waals surface area contributed by atoms with Crippen molar-refractivity contribution in [3.8, 4) is 11.3 Å². The number of carbonyl (C=O) groups excluding carboxylic acids is 1. The average Bonchev–Trinajstić information content (AvgIpc) is 3.40. The summed E-state index contributed by atoms with van der Waals surface area (Å²) >= 11 is 0. The van der Waals surface area contributed by atoms with E-state index in [0.29, 0.717) is 11.3 Å². The summed E-state index contributed by atoms with van der Waals surface area (Å²) < 4.78 is 81.0. The Labute approximate surface area is 194 Å². The van der Waals surface area contributed by atoms with E-state index in [1.54, 1.807) is 0 Å². The minimum absolute atomic E-state index is 0.0644. The zero-order valence-electron chi connectivity index (χ0n) is 18.2. The van der Waals surface area contributed by atoms with Gasteiger partial charge in [0.15, 0.2) is 11.3 Å². The van der Waals surface area contributed by atoms with E-state index in [1.807, 2.05) is 0 Å². The molecule has 3 aromatic heterocycles. The topological polar surface area (TPSA) is 77.1 Å². The fourth-order valence-electron chi connectivity index (χ4n) is 3.47. The van der Waals surface area contributed by atoms with Gasteiger partial charge in [-0.3, -0.25) is 9.48 Å². The number of amides is 1. The lowest BCUT2D eigenvalue weighted by molar-refractivity contribution is -0.141. The molecule has 13 heteroatoms. The summed E-state index contributed by atoms with van der Waals surface area (Å²) in [5, 5.41) is 9.96. The molecule has 0 saturated heterocycles. The van der Waals surface area contributed by atoms with Gasteiger partial charge in [0, 0.05) is 24.3 Å². The van der Waals surface area contributed by atoms with Crippen LogP contribution in [-0.2, 0) is 12.7 Å². The predicted octanol–water partition coefficient (Wildman–Crippen LogP) is 4.82. The standard InChI is InChI=1S/C22H18F6N6O/c1-12-9-18(22(26,27)28)32-33(12)8-2-7-29-21(35)15-11-30-34-17(19(24)25)10-16(31-20(15)34)13-3-5-14(23)6-4-13/h3-6,9-11,19H,2,7-8H2,1H3,(H,29,35). The Bertz CT molecular complexity index is 1360. The molecule has 0 aliphatic carbocycles. The fraction of sp³-hybridized carbons (Fsp3) is 0.273. The number of aromatic nitrogens is 5. The second-order valence-corrected chi connectivity index (χ2v) is 7.67. The third-order valence-corrected chi connectivity index (χ3v) is 5.21. The van der Waals surface area contributed by atoms with Crippen molar-refractivity contribution in [2.24, 2.45) is 0 Å². The molecule has 3 heterocycles. The molecule has 1 aromatic carbocycles. The lowest BCUT2D eigenvalue weighted by Crippen LogP contribution is -2.25. The highest BCUT2D eigenvalue weighted by atomic mass is 19.4. The van der Waals surface area contributed by atoms with Crippen LogP contribution in [-0.4, -0.2) is 36.8 Å². The van der Waals surface area contributed by atoms with E-state index in [2.05, 4.69) is 20.5 Å². The van der Waals surface area contributed by atoms with E-state index >= 15 is 0 Å². The molecule has 4 aromatic rings. The highest BCUT2D eigenvalue weighted by Crippen LogP contribution is 2.29. The van der Waals surface area contributed by atoms with Crippen molar-refractivity contribution in [3.63, 3.8) is 0 Å². The first-order valence-electron chi connectivity index (χ1n) is 10.4. The summed E-state index contributed by atoms with van der Waals surface area (Å²) in [6.07, 6.45) is -6.11. The van der Waals surface area contributed by atoms with Gasteiger partial charge in [-0.2, -0.15) is 23.4 Å². The Morgan fingerprint density at radius 1 is 1.14 bits per heavy atom. The largest absolute Gasteiger partial charge is 0.435 e. The van der Waals surface area contributed by atoms with Gasteiger partial charge in [-0.1, -0.05) is 0 Å². The van der Waals surface area contributed by atoms with Crippen LogP contribution >= 0.6 is 0 Å². The quantitative estimate of drug-likeness (QED) is 0.294. The van der Waals surface area contributed by atoms with Crippen LogP contribution in [0.3, 0.4) is 0 Å². The second-order valence-electron chi connectivity index (χ2n) is 7.67. The number of hydrogen-bond donors (Lipinski definition) is 1. The number of alkyl halides is 5. The number of nitrogens with one attached hydrogen (secondary N) is 1. The monoisotopic (exact) mass is 496 g/mol. The van der Waals surface area contributed by atoms with Gasteiger partial charge < -0.3 is 5.32 Å². The van der Waals surface area contributed by atoms with Crippen molar-refractivity contribution < 1.29 is 31.1 Å². The highest BCUT2D eigenvalue weighted by Gasteiger charge is 2.34. The van der Waals surface area contributed by atoms with E-state index in [9.17, 15) is 31.1 Å². The molecule has 0 radical (unpaired) electrons. The third-order valence-electron chi connectivity index (χ3n) is 5.21. The molecule has 1 N–H and O–H groups in total. The van der Waals surface area contributed by atoms with Gasteiger partial charge in [0.1, 0.15) is 17.1 Å². The Morgan fingerprint density at radius 3 is 2.49 bits per heavy atom. The van der Waals surface area contributed by atoms with Gasteiger partial charge in [0.25, 0.3) is 12.3 Å². The van der Waals surface area contributed by atoms with E-state index in [0.717, 1.165) is 35.0 Å². The van der Waals surface area contributed by atoms with Gasteiger partial charge in [-0.25, -0.2) is 22.7 Å². The molecule has 184 valence electrons. The number of halogens is 6. The summed E-state index contributed by atoms with van der Waals surface area (Å²) in [5.74, 6) is -1.15. The van der Waals surface area contributed by atoms with Crippen LogP contribution in [0.4, 0.5) is 26.3 Å². The molecule has 7 nitrogen and oxygen atoms in total. The van der Waals surface area contributed by atoms with Crippen LogP contribution < -0.4 is 5.32 Å². The molecule has 0 bridgehead atoms. The minimum atomic E-state index is -4.55. The SMILES string of the molecule is Cc1cc(C(F)(F)F)nn1CCCNC(=O)c1cnn2c(C(F)F)cc(-c3ccc(F)cc3)nc12. The van der Waals surface area contributed by atoms with Crippen molar-refractivity contribution in [2.45, 2.75) is 32.5 Å². The molecule has 35 heavy (non-hydrogen) atoms. The molecule has 1 amide bonds. The molecule has 0 spiro atoms. The van der Waals surface area contributed by atoms with Crippen molar-refractivity contribution in [3.05, 3.63) is 71.1 Å². The van der Waals surface area contributed by atoms with E-state index in [1.165, 1.54) is 23.7 Å². The Kier molecular flexibility index (Phi) is 6.50. The fourth-order valence-corrected chi connectivity index (χ4v) is 3.47. The van der Waals surface area contributed by atoms with E-state index in [4.69, 9.17) is 0 Å². The minimum Gasteiger partial charge on any atom is -0.352 e. The molecule has 0 unspecified atom stereocenters. The molecule has 0 fully saturated rings. The van der Waals surface area contributed by atoms with Gasteiger partial charge >= 0.3 is 6.18 Å². The number of aryl methyl sites for hydroxylation is 2. The molecule has 0 aliphatic heterocycles. The number of carbonyl (C=O) groups is 1. The van der Waals surface area contributed by atoms with Crippen LogP contribution in [0.2, 0.25) is 0 Å². The lowest BCUT2D eigenvalue weighted by Gasteiger charge is -2.09. The van der Waals surface area contributed by atoms with E-state index < -0.39 is 35.7 Å². The van der Waals surface area contributed by atoms with Gasteiger partial charge in [-0.05, 0) is 49.7 Å². The number of fused-ring (bicyclic) bond motifs is 1. The summed E-state index contributed by atoms with van der Waals surface area (Å²) in [7, 11) is 0. The zero-order valence-corrected chi connectivity index (χ0v) is 18.2. The van der Waals surface area contributed by atoms with Crippen molar-refractivity contribution in [1.82, 2.24) is 29.7 Å². The highest BCUT2D eigenvalue weighted by molar-refractivity contribution is 5.99. The van der Waals surface area contributed by atoms with E-state index in [-0.39, 0.29) is 36.4 Å². The van der Waals surface area contributed by atoms with Crippen molar-refractivity contribution >= 4 is 11.6 Å². The van der Waals surface area contributed by atoms with Crippen LogP contribution in [0.5, 0.6) is 0 Å². The molecule has 0 aliphatic rings. The summed E-state index contributed by atoms with van der Waals surface area (Å²) in [5.41, 5.74) is -0.870. The molecular formula is C22H18F6N6O. The van der Waals surface area contributed by atoms with Crippen LogP contribution in [0.1, 0.15) is 40.3 Å². The molecular weight excluding hydrogens is 478 g/mol. The predicted molar refractivity (Wildman–Crippen MR) is 112 cm³/mol. The van der Waals surface area contributed by atoms with Crippen LogP contribution in [0, 0.1) is 12.7 Å². The summed E-state index contributed by atoms with van der Waals surface area (Å²) in [4.78, 5) is 17.0. The first-order chi connectivity index (χ1) is 16.5. The Hall–Kier alpha value is -3.90. The number of benzene rings is 1. The number of rotatable bonds is 7. The maximum atomic E-state index is 13.7. The van der Waals surface area contributed by atoms with Gasteiger partial charge in [0.2, 0.25) is 0 Å². The molecule has 0 atom stereocenters. The smallest absolute Gasteiger partial charge is 0.352 e. The van der Waals surface area contributed by atoms with Crippen LogP contribution in [0.15, 0.2) is 42.6 Å². The summed E-state index contributed by atoms with van der Waals surface area (Å²) in [6.45, 7) is 1.69. The maximum absolute atomic E-state index is 13.7. The average molecular weight is 496 g/mol. The van der Waals surface area contributed by atoms with Crippen LogP contribution in [0.25, 0.3) is 16.9 Å². The van der Waals surface area contributed by atoms with Gasteiger partial charge in [-0.15, -0.1) is 0 Å². The zero-order chi connectivity index (χ0) is 25.3. The Balaban J connectivity index is 1.51. The maximum Gasteiger partial charge on any atom is 0.435 e. The second kappa shape index (κ2) is 9.39. The third kappa shape index (κ3) is 5.12. The normalized spacial score (nSPS) is 12.0. The summed E-state index contributed by atoms with van der Waals surface area (Å²) in [6, 6.07) is 7.12.